The number of nitrogens with one attached hydrogen (secondary N) is 1. The second-order valence-corrected chi connectivity index (χ2v) is 10.5. The Morgan fingerprint density at radius 2 is 1.67 bits per heavy atom. The predicted molar refractivity (Wildman–Crippen MR) is 160 cm³/mol. The van der Waals surface area contributed by atoms with E-state index in [0.717, 1.165) is 38.9 Å². The number of benzene rings is 3. The van der Waals surface area contributed by atoms with Crippen LogP contribution in [0.5, 0.6) is 5.75 Å². The summed E-state index contributed by atoms with van der Waals surface area (Å²) in [6.45, 7) is 5.47. The molecule has 3 aromatic heterocycles. The lowest BCUT2D eigenvalue weighted by Crippen LogP contribution is -2.35. The van der Waals surface area contributed by atoms with Crippen molar-refractivity contribution in [2.75, 3.05) is 7.11 Å². The Kier molecular flexibility index (Phi) is 7.66. The van der Waals surface area contributed by atoms with Gasteiger partial charge >= 0.3 is 0 Å². The molecule has 42 heavy (non-hydrogen) atoms. The van der Waals surface area contributed by atoms with Gasteiger partial charge in [0.2, 0.25) is 0 Å². The van der Waals surface area contributed by atoms with Crippen molar-refractivity contribution in [1.29, 1.82) is 0 Å². The lowest BCUT2D eigenvalue weighted by Gasteiger charge is -2.31. The van der Waals surface area contributed by atoms with Crippen LogP contribution in [0.25, 0.3) is 10.9 Å². The summed E-state index contributed by atoms with van der Waals surface area (Å²) in [5.74, 6) is 2.04. The van der Waals surface area contributed by atoms with E-state index in [1.807, 2.05) is 73.7 Å². The topological polar surface area (TPSA) is 102 Å². The summed E-state index contributed by atoms with van der Waals surface area (Å²) >= 11 is 0. The predicted octanol–water partition coefficient (Wildman–Crippen LogP) is 5.57. The highest BCUT2D eigenvalue weighted by atomic mass is 16.5. The van der Waals surface area contributed by atoms with Crippen molar-refractivity contribution in [3.63, 3.8) is 0 Å². The van der Waals surface area contributed by atoms with Gasteiger partial charge in [-0.2, -0.15) is 0 Å². The molecule has 0 aliphatic heterocycles. The van der Waals surface area contributed by atoms with Crippen LogP contribution in [0.1, 0.15) is 45.4 Å². The molecule has 3 aromatic carbocycles. The minimum atomic E-state index is -0.578. The van der Waals surface area contributed by atoms with Gasteiger partial charge in [-0.3, -0.25) is 9.69 Å². The molecule has 0 radical (unpaired) electrons. The SMILES string of the molecule is COc1ccc(CN(Cc2ccccc2)[C@H](c2cc3c(C)ccc(C)c3[nH]c2=O)c2nnnn2Cc2ccco2)cc1. The normalized spacial score (nSPS) is 12.2. The summed E-state index contributed by atoms with van der Waals surface area (Å²) in [6, 6.07) is 27.4. The van der Waals surface area contributed by atoms with Crippen LogP contribution in [0.2, 0.25) is 0 Å². The van der Waals surface area contributed by atoms with Gasteiger partial charge in [0.05, 0.1) is 18.9 Å². The third-order valence-electron chi connectivity index (χ3n) is 7.60. The molecule has 6 rings (SSSR count). The Balaban J connectivity index is 1.54. The second-order valence-electron chi connectivity index (χ2n) is 10.5. The van der Waals surface area contributed by atoms with Crippen LogP contribution in [-0.4, -0.2) is 37.2 Å². The van der Waals surface area contributed by atoms with Crippen LogP contribution in [0.3, 0.4) is 0 Å². The number of aromatic amines is 1. The van der Waals surface area contributed by atoms with Crippen LogP contribution < -0.4 is 10.3 Å². The maximum atomic E-state index is 14.0. The van der Waals surface area contributed by atoms with Crippen molar-refractivity contribution in [3.8, 4) is 5.75 Å². The average Bonchev–Trinajstić information content (AvgIpc) is 3.69. The number of pyridine rings is 1. The first-order valence-corrected chi connectivity index (χ1v) is 13.8. The number of H-pyrrole nitrogens is 1. The summed E-state index contributed by atoms with van der Waals surface area (Å²) in [4.78, 5) is 19.4. The first-order valence-electron chi connectivity index (χ1n) is 13.8. The number of methoxy groups -OCH3 is 1. The van der Waals surface area contributed by atoms with E-state index < -0.39 is 6.04 Å². The number of ether oxygens (including phenoxy) is 1. The van der Waals surface area contributed by atoms with Gasteiger partial charge in [0.15, 0.2) is 5.82 Å². The molecule has 0 saturated heterocycles. The summed E-state index contributed by atoms with van der Waals surface area (Å²) < 4.78 is 12.7. The Hall–Kier alpha value is -5.02. The number of hydrogen-bond acceptors (Lipinski definition) is 7. The second kappa shape index (κ2) is 11.8. The van der Waals surface area contributed by atoms with E-state index in [2.05, 4.69) is 50.5 Å². The smallest absolute Gasteiger partial charge is 0.253 e. The zero-order valence-electron chi connectivity index (χ0n) is 23.8. The summed E-state index contributed by atoms with van der Waals surface area (Å²) in [5, 5.41) is 13.9. The summed E-state index contributed by atoms with van der Waals surface area (Å²) in [7, 11) is 1.65. The standard InChI is InChI=1S/C33H32N6O3/c1-22-11-12-23(2)30-28(22)18-29(33(40)34-30)31(32-35-36-37-39(32)21-27-10-7-17-42-27)38(19-24-8-5-4-6-9-24)20-25-13-15-26(41-3)16-14-25/h4-18,31H,19-21H2,1-3H3,(H,34,40)/t31-/m1/s1. The van der Waals surface area contributed by atoms with Gasteiger partial charge in [-0.05, 0) is 76.9 Å². The van der Waals surface area contributed by atoms with Crippen molar-refractivity contribution in [1.82, 2.24) is 30.1 Å². The molecule has 0 spiro atoms. The minimum absolute atomic E-state index is 0.179. The molecule has 3 heterocycles. The Labute approximate surface area is 243 Å². The van der Waals surface area contributed by atoms with Crippen LogP contribution in [-0.2, 0) is 19.6 Å². The molecule has 0 bridgehead atoms. The molecule has 0 unspecified atom stereocenters. The largest absolute Gasteiger partial charge is 0.497 e. The third-order valence-corrected chi connectivity index (χ3v) is 7.60. The number of aryl methyl sites for hydroxylation is 2. The van der Waals surface area contributed by atoms with Gasteiger partial charge in [-0.15, -0.1) is 5.10 Å². The van der Waals surface area contributed by atoms with Crippen LogP contribution in [0, 0.1) is 13.8 Å². The molecule has 0 fully saturated rings. The van der Waals surface area contributed by atoms with Crippen molar-refractivity contribution < 1.29 is 9.15 Å². The Morgan fingerprint density at radius 1 is 0.929 bits per heavy atom. The number of nitrogens with zero attached hydrogens (tertiary/aromatic N) is 5. The Morgan fingerprint density at radius 3 is 2.38 bits per heavy atom. The molecule has 212 valence electrons. The monoisotopic (exact) mass is 560 g/mol. The van der Waals surface area contributed by atoms with E-state index in [9.17, 15) is 4.79 Å². The van der Waals surface area contributed by atoms with Gasteiger partial charge in [0, 0.05) is 24.0 Å². The number of furan rings is 1. The van der Waals surface area contributed by atoms with Crippen molar-refractivity contribution >= 4 is 10.9 Å². The number of rotatable bonds is 10. The fraction of sp³-hybridized carbons (Fsp3) is 0.212. The number of aromatic nitrogens is 5. The molecule has 6 aromatic rings. The first kappa shape index (κ1) is 27.2. The van der Waals surface area contributed by atoms with Crippen LogP contribution in [0.15, 0.2) is 100 Å². The van der Waals surface area contributed by atoms with Crippen molar-refractivity contribution in [2.45, 2.75) is 39.5 Å². The third kappa shape index (κ3) is 5.59. The van der Waals surface area contributed by atoms with E-state index >= 15 is 0 Å². The lowest BCUT2D eigenvalue weighted by atomic mass is 9.98. The van der Waals surface area contributed by atoms with E-state index in [0.29, 0.717) is 36.8 Å². The van der Waals surface area contributed by atoms with Crippen LogP contribution >= 0.6 is 0 Å². The molecule has 9 nitrogen and oxygen atoms in total. The number of fused-ring (bicyclic) bond motifs is 1. The summed E-state index contributed by atoms with van der Waals surface area (Å²) in [6.07, 6.45) is 1.63. The maximum absolute atomic E-state index is 14.0. The molecule has 1 atom stereocenters. The van der Waals surface area contributed by atoms with Gasteiger partial charge in [0.25, 0.3) is 5.56 Å². The van der Waals surface area contributed by atoms with E-state index in [-0.39, 0.29) is 5.56 Å². The van der Waals surface area contributed by atoms with Crippen LogP contribution in [0.4, 0.5) is 0 Å². The zero-order chi connectivity index (χ0) is 29.1. The van der Waals surface area contributed by atoms with Gasteiger partial charge < -0.3 is 14.1 Å². The zero-order valence-corrected chi connectivity index (χ0v) is 23.8. The highest BCUT2D eigenvalue weighted by Crippen LogP contribution is 2.32. The molecule has 0 aliphatic carbocycles. The lowest BCUT2D eigenvalue weighted by molar-refractivity contribution is 0.193. The molecular formula is C33H32N6O3. The van der Waals surface area contributed by atoms with E-state index in [1.54, 1.807) is 18.1 Å². The molecule has 0 saturated carbocycles. The number of hydrogen-bond donors (Lipinski definition) is 1. The summed E-state index contributed by atoms with van der Waals surface area (Å²) in [5.41, 5.74) is 5.47. The fourth-order valence-electron chi connectivity index (χ4n) is 5.39. The van der Waals surface area contributed by atoms with Gasteiger partial charge in [0.1, 0.15) is 24.1 Å². The van der Waals surface area contributed by atoms with Crippen molar-refractivity contribution in [3.05, 3.63) is 141 Å². The van der Waals surface area contributed by atoms with Gasteiger partial charge in [-0.25, -0.2) is 4.68 Å². The van der Waals surface area contributed by atoms with Gasteiger partial charge in [-0.1, -0.05) is 54.6 Å². The van der Waals surface area contributed by atoms with E-state index in [4.69, 9.17) is 9.15 Å². The molecule has 0 amide bonds. The minimum Gasteiger partial charge on any atom is -0.497 e. The number of tetrazole rings is 1. The highest BCUT2D eigenvalue weighted by Gasteiger charge is 2.31. The fourth-order valence-corrected chi connectivity index (χ4v) is 5.39. The first-order chi connectivity index (χ1) is 20.5. The Bertz CT molecular complexity index is 1840. The molecular weight excluding hydrogens is 528 g/mol. The average molecular weight is 561 g/mol. The molecule has 0 aliphatic rings. The van der Waals surface area contributed by atoms with E-state index in [1.165, 1.54) is 0 Å². The van der Waals surface area contributed by atoms with Crippen molar-refractivity contribution in [2.24, 2.45) is 0 Å². The molecule has 9 heteroatoms. The quantitative estimate of drug-likeness (QED) is 0.234. The highest BCUT2D eigenvalue weighted by molar-refractivity contribution is 5.85. The molecule has 1 N–H and O–H groups in total. The maximum Gasteiger partial charge on any atom is 0.253 e.